The summed E-state index contributed by atoms with van der Waals surface area (Å²) in [6.07, 6.45) is 0.450. The molecule has 1 amide bonds. The van der Waals surface area contributed by atoms with Gasteiger partial charge in [-0.1, -0.05) is 0 Å². The minimum Gasteiger partial charge on any atom is -0.507 e. The van der Waals surface area contributed by atoms with E-state index in [1.165, 1.54) is 12.1 Å². The van der Waals surface area contributed by atoms with E-state index < -0.39 is 0 Å². The second kappa shape index (κ2) is 7.91. The lowest BCUT2D eigenvalue weighted by Crippen LogP contribution is -2.30. The number of rotatable bonds is 6. The third-order valence-corrected chi connectivity index (χ3v) is 5.42. The van der Waals surface area contributed by atoms with Gasteiger partial charge in [-0.3, -0.25) is 14.4 Å². The fraction of sp³-hybridized carbons (Fsp3) is 0.263. The van der Waals surface area contributed by atoms with Crippen molar-refractivity contribution in [3.8, 4) is 16.2 Å². The fourth-order valence-electron chi connectivity index (χ4n) is 2.86. The number of carbonyl (C=O) groups is 2. The number of nitrogens with one attached hydrogen (secondary N) is 2. The van der Waals surface area contributed by atoms with Crippen LogP contribution in [-0.2, 0) is 0 Å². The van der Waals surface area contributed by atoms with E-state index in [9.17, 15) is 19.5 Å². The summed E-state index contributed by atoms with van der Waals surface area (Å²) in [5, 5.41) is 15.9. The topological polar surface area (TPSA) is 122 Å². The molecule has 2 heterocycles. The van der Waals surface area contributed by atoms with Crippen LogP contribution in [0.25, 0.3) is 21.4 Å². The molecule has 0 aliphatic heterocycles. The van der Waals surface area contributed by atoms with Crippen molar-refractivity contribution in [1.29, 1.82) is 0 Å². The Bertz CT molecular complexity index is 1130. The Morgan fingerprint density at radius 1 is 1.32 bits per heavy atom. The molecule has 0 spiro atoms. The molecule has 1 aromatic carbocycles. The average Bonchev–Trinajstić information content (AvgIpc) is 3.03. The standard InChI is InChI=1S/C19H19N3O5S/c1-9-17(28-19(22-9)18(26)21-7-6-20-3)14-10(2)27-16-11(15(14)25)4-5-13(24)12(16)8-23/h4-5,8,20,24H,6-7H2,1-3H3,(H,21,26). The number of phenols is 1. The molecule has 3 N–H and O–H groups in total. The van der Waals surface area contributed by atoms with Gasteiger partial charge < -0.3 is 20.2 Å². The van der Waals surface area contributed by atoms with Crippen molar-refractivity contribution in [2.24, 2.45) is 0 Å². The molecule has 3 rings (SSSR count). The Hall–Kier alpha value is -3.04. The van der Waals surface area contributed by atoms with Gasteiger partial charge in [0.2, 0.25) is 5.43 Å². The van der Waals surface area contributed by atoms with Crippen LogP contribution in [0.1, 0.15) is 31.6 Å². The molecule has 0 aliphatic carbocycles. The van der Waals surface area contributed by atoms with E-state index in [2.05, 4.69) is 15.6 Å². The van der Waals surface area contributed by atoms with Crippen LogP contribution >= 0.6 is 11.3 Å². The number of hydrogen-bond acceptors (Lipinski definition) is 8. The molecule has 0 unspecified atom stereocenters. The first-order chi connectivity index (χ1) is 13.4. The lowest BCUT2D eigenvalue weighted by molar-refractivity contribution is 0.0953. The van der Waals surface area contributed by atoms with Crippen LogP contribution in [0, 0.1) is 13.8 Å². The molecule has 0 radical (unpaired) electrons. The zero-order valence-electron chi connectivity index (χ0n) is 15.6. The van der Waals surface area contributed by atoms with Gasteiger partial charge in [0.25, 0.3) is 5.91 Å². The van der Waals surface area contributed by atoms with Crippen LogP contribution in [0.5, 0.6) is 5.75 Å². The van der Waals surface area contributed by atoms with E-state index in [4.69, 9.17) is 4.42 Å². The Balaban J connectivity index is 2.12. The fourth-order valence-corrected chi connectivity index (χ4v) is 3.93. The highest BCUT2D eigenvalue weighted by Crippen LogP contribution is 2.33. The van der Waals surface area contributed by atoms with E-state index in [0.717, 1.165) is 11.3 Å². The van der Waals surface area contributed by atoms with Crippen molar-refractivity contribution < 1.29 is 19.1 Å². The molecule has 28 heavy (non-hydrogen) atoms. The van der Waals surface area contributed by atoms with Gasteiger partial charge in [0.1, 0.15) is 11.5 Å². The number of thiazole rings is 1. The molecule has 0 bridgehead atoms. The summed E-state index contributed by atoms with van der Waals surface area (Å²) >= 11 is 1.11. The Morgan fingerprint density at radius 2 is 2.07 bits per heavy atom. The largest absolute Gasteiger partial charge is 0.507 e. The summed E-state index contributed by atoms with van der Waals surface area (Å²) in [6, 6.07) is 2.69. The van der Waals surface area contributed by atoms with Gasteiger partial charge >= 0.3 is 0 Å². The van der Waals surface area contributed by atoms with E-state index in [1.54, 1.807) is 20.9 Å². The number of aldehydes is 1. The molecule has 0 saturated heterocycles. The SMILES string of the molecule is CNCCNC(=O)c1nc(C)c(-c2c(C)oc3c(C=O)c(O)ccc3c2=O)s1. The molecular formula is C19H19N3O5S. The first-order valence-corrected chi connectivity index (χ1v) is 9.35. The zero-order chi connectivity index (χ0) is 20.4. The number of aromatic nitrogens is 1. The van der Waals surface area contributed by atoms with Crippen LogP contribution < -0.4 is 16.1 Å². The smallest absolute Gasteiger partial charge is 0.280 e. The Kier molecular flexibility index (Phi) is 5.57. The van der Waals surface area contributed by atoms with Crippen LogP contribution in [-0.4, -0.2) is 42.4 Å². The van der Waals surface area contributed by atoms with Crippen LogP contribution in [0.4, 0.5) is 0 Å². The van der Waals surface area contributed by atoms with E-state index in [1.807, 2.05) is 0 Å². The summed E-state index contributed by atoms with van der Waals surface area (Å²) in [4.78, 5) is 41.4. The normalized spacial score (nSPS) is 11.0. The minimum atomic E-state index is -0.351. The second-order valence-corrected chi connectivity index (χ2v) is 7.15. The van der Waals surface area contributed by atoms with Crippen molar-refractivity contribution in [3.63, 3.8) is 0 Å². The molecule has 9 heteroatoms. The molecule has 2 aromatic heterocycles. The summed E-state index contributed by atoms with van der Waals surface area (Å²) in [5.41, 5.74) is 0.436. The monoisotopic (exact) mass is 401 g/mol. The summed E-state index contributed by atoms with van der Waals surface area (Å²) in [6.45, 7) is 4.40. The summed E-state index contributed by atoms with van der Waals surface area (Å²) in [7, 11) is 1.79. The third kappa shape index (κ3) is 3.41. The van der Waals surface area contributed by atoms with Crippen molar-refractivity contribution in [3.05, 3.63) is 44.4 Å². The highest BCUT2D eigenvalue weighted by molar-refractivity contribution is 7.17. The molecule has 3 aromatic rings. The number of fused-ring (bicyclic) bond motifs is 1. The van der Waals surface area contributed by atoms with Gasteiger partial charge in [0, 0.05) is 13.1 Å². The van der Waals surface area contributed by atoms with Gasteiger partial charge in [-0.25, -0.2) is 4.98 Å². The maximum Gasteiger partial charge on any atom is 0.280 e. The lowest BCUT2D eigenvalue weighted by atomic mass is 10.1. The average molecular weight is 401 g/mol. The second-order valence-electron chi connectivity index (χ2n) is 6.15. The molecule has 0 saturated carbocycles. The molecule has 146 valence electrons. The van der Waals surface area contributed by atoms with Gasteiger partial charge in [-0.05, 0) is 33.0 Å². The number of nitrogens with zero attached hydrogens (tertiary/aromatic N) is 1. The molecule has 0 fully saturated rings. The van der Waals surface area contributed by atoms with Gasteiger partial charge in [-0.15, -0.1) is 11.3 Å². The number of benzene rings is 1. The number of amides is 1. The van der Waals surface area contributed by atoms with Crippen molar-refractivity contribution >= 4 is 34.5 Å². The van der Waals surface area contributed by atoms with Crippen LogP contribution in [0.15, 0.2) is 21.3 Å². The first-order valence-electron chi connectivity index (χ1n) is 8.54. The number of hydrogen-bond donors (Lipinski definition) is 3. The number of likely N-dealkylation sites (N-methyl/N-ethyl adjacent to an activating group) is 1. The summed E-state index contributed by atoms with van der Waals surface area (Å²) < 4.78 is 5.71. The maximum absolute atomic E-state index is 13.1. The Morgan fingerprint density at radius 3 is 2.75 bits per heavy atom. The first kappa shape index (κ1) is 19.7. The highest BCUT2D eigenvalue weighted by atomic mass is 32.1. The van der Waals surface area contributed by atoms with Gasteiger partial charge in [0.15, 0.2) is 16.9 Å². The molecule has 8 nitrogen and oxygen atoms in total. The Labute approximate surface area is 164 Å². The van der Waals surface area contributed by atoms with Crippen LogP contribution in [0.2, 0.25) is 0 Å². The molecule has 0 atom stereocenters. The number of phenolic OH excluding ortho intramolecular Hbond substituents is 1. The van der Waals surface area contributed by atoms with Crippen molar-refractivity contribution in [2.45, 2.75) is 13.8 Å². The molecular weight excluding hydrogens is 382 g/mol. The lowest BCUT2D eigenvalue weighted by Gasteiger charge is -2.08. The van der Waals surface area contributed by atoms with Gasteiger partial charge in [-0.2, -0.15) is 0 Å². The number of aryl methyl sites for hydroxylation is 2. The predicted molar refractivity (Wildman–Crippen MR) is 106 cm³/mol. The minimum absolute atomic E-state index is 0.0356. The zero-order valence-corrected chi connectivity index (χ0v) is 16.4. The van der Waals surface area contributed by atoms with E-state index in [0.29, 0.717) is 35.5 Å². The van der Waals surface area contributed by atoms with Gasteiger partial charge in [0.05, 0.1) is 27.1 Å². The molecule has 0 aliphatic rings. The predicted octanol–water partition coefficient (Wildman–Crippen LogP) is 2.00. The van der Waals surface area contributed by atoms with E-state index >= 15 is 0 Å². The third-order valence-electron chi connectivity index (χ3n) is 4.25. The van der Waals surface area contributed by atoms with Crippen molar-refractivity contribution in [2.75, 3.05) is 20.1 Å². The van der Waals surface area contributed by atoms with E-state index in [-0.39, 0.29) is 44.4 Å². The number of aromatic hydroxyl groups is 1. The highest BCUT2D eigenvalue weighted by Gasteiger charge is 2.22. The quantitative estimate of drug-likeness (QED) is 0.427. The maximum atomic E-state index is 13.1. The summed E-state index contributed by atoms with van der Waals surface area (Å²) in [5.74, 6) is -0.294. The van der Waals surface area contributed by atoms with Crippen molar-refractivity contribution in [1.82, 2.24) is 15.6 Å². The number of carbonyl (C=O) groups excluding carboxylic acids is 2. The van der Waals surface area contributed by atoms with Crippen LogP contribution in [0.3, 0.4) is 0 Å².